The maximum atomic E-state index is 12.0. The fourth-order valence-corrected chi connectivity index (χ4v) is 2.93. The van der Waals surface area contributed by atoms with Crippen molar-refractivity contribution in [3.8, 4) is 11.4 Å². The highest BCUT2D eigenvalue weighted by Crippen LogP contribution is 2.16. The van der Waals surface area contributed by atoms with Crippen LogP contribution in [0, 0.1) is 0 Å². The predicted molar refractivity (Wildman–Crippen MR) is 103 cm³/mol. The highest BCUT2D eigenvalue weighted by Gasteiger charge is 2.11. The minimum absolute atomic E-state index is 0.122. The predicted octanol–water partition coefficient (Wildman–Crippen LogP) is 4.10. The van der Waals surface area contributed by atoms with Gasteiger partial charge in [-0.1, -0.05) is 47.1 Å². The third-order valence-electron chi connectivity index (χ3n) is 4.12. The molecule has 0 saturated carbocycles. The number of imidazole rings is 1. The molecule has 4 rings (SSSR count). The fourth-order valence-electron chi connectivity index (χ4n) is 2.76. The number of hydrogen-bond acceptors (Lipinski definition) is 6. The van der Waals surface area contributed by atoms with Gasteiger partial charge in [-0.15, -0.1) is 0 Å². The van der Waals surface area contributed by atoms with Crippen molar-refractivity contribution in [2.24, 2.45) is 0 Å². The van der Waals surface area contributed by atoms with Crippen molar-refractivity contribution in [3.63, 3.8) is 0 Å². The molecule has 7 nitrogen and oxygen atoms in total. The van der Waals surface area contributed by atoms with Crippen LogP contribution in [0.5, 0.6) is 0 Å². The lowest BCUT2D eigenvalue weighted by Crippen LogP contribution is -2.05. The third-order valence-corrected chi connectivity index (χ3v) is 4.34. The van der Waals surface area contributed by atoms with E-state index in [0.29, 0.717) is 35.3 Å². The van der Waals surface area contributed by atoms with E-state index in [1.54, 1.807) is 22.9 Å². The number of benzene rings is 1. The van der Waals surface area contributed by atoms with E-state index >= 15 is 0 Å². The van der Waals surface area contributed by atoms with Gasteiger partial charge in [0.25, 0.3) is 0 Å². The summed E-state index contributed by atoms with van der Waals surface area (Å²) in [5.74, 6) is 0.756. The molecule has 3 aromatic heterocycles. The summed E-state index contributed by atoms with van der Waals surface area (Å²) < 4.78 is 12.3. The summed E-state index contributed by atoms with van der Waals surface area (Å²) in [6.45, 7) is 0.122. The molecular formula is C20H17ClN4O3. The third kappa shape index (κ3) is 4.37. The van der Waals surface area contributed by atoms with E-state index in [1.165, 1.54) is 0 Å². The number of rotatable bonds is 7. The number of aryl methyl sites for hydroxylation is 1. The highest BCUT2D eigenvalue weighted by atomic mass is 35.5. The molecule has 0 atom stereocenters. The largest absolute Gasteiger partial charge is 0.459 e. The van der Waals surface area contributed by atoms with Gasteiger partial charge in [0.15, 0.2) is 0 Å². The van der Waals surface area contributed by atoms with E-state index in [9.17, 15) is 4.79 Å². The number of pyridine rings is 1. The molecule has 0 aliphatic rings. The summed E-state index contributed by atoms with van der Waals surface area (Å²) >= 11 is 5.95. The number of aromatic nitrogens is 4. The van der Waals surface area contributed by atoms with Crippen LogP contribution in [-0.4, -0.2) is 25.5 Å². The van der Waals surface area contributed by atoms with Gasteiger partial charge in [0.1, 0.15) is 12.3 Å². The van der Waals surface area contributed by atoms with Crippen LogP contribution >= 0.6 is 11.6 Å². The van der Waals surface area contributed by atoms with E-state index in [4.69, 9.17) is 20.9 Å². The molecule has 142 valence electrons. The highest BCUT2D eigenvalue weighted by molar-refractivity contribution is 6.30. The molecule has 1 aromatic carbocycles. The molecule has 4 aromatic rings. The molecule has 0 unspecified atom stereocenters. The molecule has 0 fully saturated rings. The van der Waals surface area contributed by atoms with Gasteiger partial charge in [0.05, 0.1) is 10.7 Å². The molecule has 0 spiro atoms. The van der Waals surface area contributed by atoms with Gasteiger partial charge in [-0.2, -0.15) is 4.98 Å². The summed E-state index contributed by atoms with van der Waals surface area (Å²) in [4.78, 5) is 20.7. The van der Waals surface area contributed by atoms with Gasteiger partial charge >= 0.3 is 5.97 Å². The zero-order chi connectivity index (χ0) is 19.3. The monoisotopic (exact) mass is 396 g/mol. The van der Waals surface area contributed by atoms with E-state index < -0.39 is 0 Å². The van der Waals surface area contributed by atoms with Crippen LogP contribution in [0.2, 0.25) is 5.02 Å². The Kier molecular flexibility index (Phi) is 5.34. The first-order valence-corrected chi connectivity index (χ1v) is 9.22. The standard InChI is InChI=1S/C20H17ClN4O3/c21-15-9-10-17-22-16(12-25(17)11-15)13-27-19(26)8-4-7-18-23-20(24-28-18)14-5-2-1-3-6-14/h1-3,5-6,9-12H,4,7-8,13H2. The first kappa shape index (κ1) is 18.2. The van der Waals surface area contributed by atoms with Crippen molar-refractivity contribution in [2.45, 2.75) is 25.9 Å². The second-order valence-electron chi connectivity index (χ2n) is 6.24. The summed E-state index contributed by atoms with van der Waals surface area (Å²) in [7, 11) is 0. The lowest BCUT2D eigenvalue weighted by molar-refractivity contribution is -0.145. The smallest absolute Gasteiger partial charge is 0.306 e. The molecule has 0 amide bonds. The Labute approximate surface area is 165 Å². The zero-order valence-electron chi connectivity index (χ0n) is 14.9. The van der Waals surface area contributed by atoms with Gasteiger partial charge in [0.2, 0.25) is 11.7 Å². The maximum absolute atomic E-state index is 12.0. The molecule has 8 heteroatoms. The number of hydrogen-bond donors (Lipinski definition) is 0. The lowest BCUT2D eigenvalue weighted by atomic mass is 10.2. The van der Waals surface area contributed by atoms with Crippen LogP contribution in [0.3, 0.4) is 0 Å². The number of carbonyl (C=O) groups is 1. The Morgan fingerprint density at radius 3 is 2.82 bits per heavy atom. The van der Waals surface area contributed by atoms with Crippen LogP contribution in [0.4, 0.5) is 0 Å². The second-order valence-corrected chi connectivity index (χ2v) is 6.67. The molecule has 3 heterocycles. The minimum atomic E-state index is -0.294. The molecule has 0 aliphatic carbocycles. The molecule has 0 N–H and O–H groups in total. The number of fused-ring (bicyclic) bond motifs is 1. The van der Waals surface area contributed by atoms with Crippen LogP contribution in [0.1, 0.15) is 24.4 Å². The average molecular weight is 397 g/mol. The summed E-state index contributed by atoms with van der Waals surface area (Å²) in [6, 6.07) is 13.2. The Balaban J connectivity index is 1.24. The van der Waals surface area contributed by atoms with Gasteiger partial charge in [-0.25, -0.2) is 4.98 Å². The maximum Gasteiger partial charge on any atom is 0.306 e. The van der Waals surface area contributed by atoms with Crippen molar-refractivity contribution in [1.29, 1.82) is 0 Å². The van der Waals surface area contributed by atoms with Crippen molar-refractivity contribution >= 4 is 23.2 Å². The van der Waals surface area contributed by atoms with E-state index in [2.05, 4.69) is 15.1 Å². The van der Waals surface area contributed by atoms with Crippen molar-refractivity contribution in [2.75, 3.05) is 0 Å². The Morgan fingerprint density at radius 2 is 1.96 bits per heavy atom. The van der Waals surface area contributed by atoms with Crippen LogP contribution in [0.15, 0.2) is 59.4 Å². The molecule has 0 bridgehead atoms. The summed E-state index contributed by atoms with van der Waals surface area (Å²) in [6.07, 6.45) is 4.89. The SMILES string of the molecule is O=C(CCCc1nc(-c2ccccc2)no1)OCc1cn2cc(Cl)ccc2n1. The molecule has 0 radical (unpaired) electrons. The Bertz CT molecular complexity index is 1090. The van der Waals surface area contributed by atoms with Crippen LogP contribution < -0.4 is 0 Å². The number of nitrogens with zero attached hydrogens (tertiary/aromatic N) is 4. The van der Waals surface area contributed by atoms with Crippen molar-refractivity contribution < 1.29 is 14.1 Å². The zero-order valence-corrected chi connectivity index (χ0v) is 15.7. The normalized spacial score (nSPS) is 11.0. The van der Waals surface area contributed by atoms with Gasteiger partial charge < -0.3 is 13.7 Å². The quantitative estimate of drug-likeness (QED) is 0.437. The van der Waals surface area contributed by atoms with Crippen LogP contribution in [-0.2, 0) is 22.6 Å². The minimum Gasteiger partial charge on any atom is -0.459 e. The van der Waals surface area contributed by atoms with Gasteiger partial charge in [-0.3, -0.25) is 4.79 Å². The molecule has 28 heavy (non-hydrogen) atoms. The van der Waals surface area contributed by atoms with E-state index in [1.807, 2.05) is 36.4 Å². The fraction of sp³-hybridized carbons (Fsp3) is 0.200. The van der Waals surface area contributed by atoms with Crippen molar-refractivity contribution in [1.82, 2.24) is 19.5 Å². The number of ether oxygens (including phenoxy) is 1. The number of carbonyl (C=O) groups excluding carboxylic acids is 1. The Hall–Kier alpha value is -3.19. The summed E-state index contributed by atoms with van der Waals surface area (Å²) in [5.41, 5.74) is 2.31. The molecule has 0 saturated heterocycles. The second kappa shape index (κ2) is 8.22. The van der Waals surface area contributed by atoms with E-state index in [-0.39, 0.29) is 19.0 Å². The van der Waals surface area contributed by atoms with Gasteiger partial charge in [0, 0.05) is 30.8 Å². The molecule has 0 aliphatic heterocycles. The van der Waals surface area contributed by atoms with Gasteiger partial charge in [-0.05, 0) is 18.6 Å². The number of halogens is 1. The Morgan fingerprint density at radius 1 is 1.11 bits per heavy atom. The summed E-state index contributed by atoms with van der Waals surface area (Å²) in [5, 5.41) is 4.58. The van der Waals surface area contributed by atoms with Crippen molar-refractivity contribution in [3.05, 3.63) is 71.5 Å². The molecular weight excluding hydrogens is 380 g/mol. The topological polar surface area (TPSA) is 82.5 Å². The average Bonchev–Trinajstić information content (AvgIpc) is 3.33. The lowest BCUT2D eigenvalue weighted by Gasteiger charge is -2.01. The first-order chi connectivity index (χ1) is 13.7. The first-order valence-electron chi connectivity index (χ1n) is 8.84. The van der Waals surface area contributed by atoms with E-state index in [0.717, 1.165) is 11.2 Å². The number of esters is 1. The van der Waals surface area contributed by atoms with Crippen LogP contribution in [0.25, 0.3) is 17.0 Å².